The molecule has 1 atom stereocenters. The van der Waals surface area contributed by atoms with Gasteiger partial charge in [0.1, 0.15) is 5.82 Å². The Morgan fingerprint density at radius 2 is 1.93 bits per heavy atom. The zero-order chi connectivity index (χ0) is 20.9. The number of methoxy groups -OCH3 is 1. The van der Waals surface area contributed by atoms with Crippen molar-refractivity contribution in [2.45, 2.75) is 30.2 Å². The maximum Gasteiger partial charge on any atom is 0.243 e. The van der Waals surface area contributed by atoms with E-state index < -0.39 is 21.9 Å². The molecule has 6 nitrogen and oxygen atoms in total. The minimum atomic E-state index is -3.88. The van der Waals surface area contributed by atoms with Gasteiger partial charge < -0.3 is 10.1 Å². The van der Waals surface area contributed by atoms with Crippen molar-refractivity contribution in [1.29, 1.82) is 0 Å². The lowest BCUT2D eigenvalue weighted by Crippen LogP contribution is -2.42. The third-order valence-electron chi connectivity index (χ3n) is 5.01. The van der Waals surface area contributed by atoms with Crippen LogP contribution < -0.4 is 5.32 Å². The Morgan fingerprint density at radius 3 is 2.66 bits per heavy atom. The van der Waals surface area contributed by atoms with Gasteiger partial charge in [-0.25, -0.2) is 12.8 Å². The van der Waals surface area contributed by atoms with Gasteiger partial charge in [-0.15, -0.1) is 0 Å². The van der Waals surface area contributed by atoms with E-state index in [1.807, 2.05) is 24.3 Å². The summed E-state index contributed by atoms with van der Waals surface area (Å²) in [5.41, 5.74) is 1.87. The Kier molecular flexibility index (Phi) is 7.00. The van der Waals surface area contributed by atoms with E-state index in [0.29, 0.717) is 26.0 Å². The molecule has 0 saturated heterocycles. The van der Waals surface area contributed by atoms with E-state index in [-0.39, 0.29) is 23.8 Å². The lowest BCUT2D eigenvalue weighted by Gasteiger charge is -2.36. The molecule has 0 radical (unpaired) electrons. The Morgan fingerprint density at radius 1 is 1.21 bits per heavy atom. The number of nitrogens with zero attached hydrogens (tertiary/aromatic N) is 1. The summed E-state index contributed by atoms with van der Waals surface area (Å²) in [4.78, 5) is 12.5. The van der Waals surface area contributed by atoms with Gasteiger partial charge in [0.25, 0.3) is 0 Å². The molecule has 3 rings (SSSR count). The van der Waals surface area contributed by atoms with Crippen LogP contribution >= 0.6 is 0 Å². The zero-order valence-electron chi connectivity index (χ0n) is 16.3. The third kappa shape index (κ3) is 5.01. The number of carbonyl (C=O) groups is 1. The molecule has 156 valence electrons. The Balaban J connectivity index is 1.87. The second kappa shape index (κ2) is 9.47. The Hall–Kier alpha value is -2.29. The number of rotatable bonds is 8. The molecule has 29 heavy (non-hydrogen) atoms. The molecule has 8 heteroatoms. The predicted molar refractivity (Wildman–Crippen MR) is 107 cm³/mol. The summed E-state index contributed by atoms with van der Waals surface area (Å²) in [5.74, 6) is -0.720. The highest BCUT2D eigenvalue weighted by atomic mass is 32.2. The molecule has 0 saturated carbocycles. The molecule has 0 aliphatic carbocycles. The lowest BCUT2D eigenvalue weighted by atomic mass is 9.92. The highest BCUT2D eigenvalue weighted by molar-refractivity contribution is 7.89. The summed E-state index contributed by atoms with van der Waals surface area (Å²) in [6.45, 7) is 1.27. The third-order valence-corrected chi connectivity index (χ3v) is 6.93. The van der Waals surface area contributed by atoms with Crippen LogP contribution in [0.25, 0.3) is 0 Å². The summed E-state index contributed by atoms with van der Waals surface area (Å²) in [7, 11) is -2.28. The number of nitrogens with one attached hydrogen (secondary N) is 1. The van der Waals surface area contributed by atoms with E-state index in [1.165, 1.54) is 16.4 Å². The summed E-state index contributed by atoms with van der Waals surface area (Å²) >= 11 is 0. The number of hydrogen-bond donors (Lipinski definition) is 1. The summed E-state index contributed by atoms with van der Waals surface area (Å²) < 4.78 is 46.1. The van der Waals surface area contributed by atoms with Gasteiger partial charge in [0.05, 0.1) is 10.9 Å². The molecule has 0 bridgehead atoms. The molecule has 1 amide bonds. The minimum Gasteiger partial charge on any atom is -0.385 e. The Bertz CT molecular complexity index is 947. The predicted octanol–water partition coefficient (Wildman–Crippen LogP) is 2.66. The van der Waals surface area contributed by atoms with Crippen LogP contribution in [0.3, 0.4) is 0 Å². The molecule has 1 N–H and O–H groups in total. The fraction of sp³-hybridized carbons (Fsp3) is 0.381. The van der Waals surface area contributed by atoms with E-state index in [2.05, 4.69) is 5.32 Å². The molecule has 2 aromatic rings. The zero-order valence-corrected chi connectivity index (χ0v) is 17.1. The van der Waals surface area contributed by atoms with Crippen molar-refractivity contribution in [3.8, 4) is 0 Å². The van der Waals surface area contributed by atoms with Gasteiger partial charge in [-0.05, 0) is 48.2 Å². The highest BCUT2D eigenvalue weighted by Gasteiger charge is 2.37. The van der Waals surface area contributed by atoms with Crippen molar-refractivity contribution >= 4 is 15.9 Å². The number of carbonyl (C=O) groups excluding carboxylic acids is 1. The number of benzene rings is 2. The first kappa shape index (κ1) is 21.4. The molecular weight excluding hydrogens is 395 g/mol. The first-order valence-electron chi connectivity index (χ1n) is 9.54. The first-order valence-corrected chi connectivity index (χ1v) is 11.0. The molecular formula is C21H25FN2O4S. The molecule has 1 unspecified atom stereocenters. The van der Waals surface area contributed by atoms with Gasteiger partial charge in [-0.2, -0.15) is 4.31 Å². The van der Waals surface area contributed by atoms with Crippen molar-refractivity contribution in [2.24, 2.45) is 0 Å². The molecule has 0 spiro atoms. The van der Waals surface area contributed by atoms with Crippen molar-refractivity contribution < 1.29 is 22.3 Å². The smallest absolute Gasteiger partial charge is 0.243 e. The second-order valence-corrected chi connectivity index (χ2v) is 8.83. The highest BCUT2D eigenvalue weighted by Crippen LogP contribution is 2.36. The largest absolute Gasteiger partial charge is 0.385 e. The maximum atomic E-state index is 13.3. The van der Waals surface area contributed by atoms with Crippen LogP contribution in [0.4, 0.5) is 4.39 Å². The van der Waals surface area contributed by atoms with Gasteiger partial charge in [0.2, 0.25) is 15.9 Å². The number of halogens is 1. The molecule has 1 aliphatic rings. The van der Waals surface area contributed by atoms with Crippen LogP contribution in [0.15, 0.2) is 53.4 Å². The van der Waals surface area contributed by atoms with E-state index in [0.717, 1.165) is 23.3 Å². The van der Waals surface area contributed by atoms with Gasteiger partial charge in [-0.1, -0.05) is 24.3 Å². The molecule has 2 aromatic carbocycles. The number of amides is 1. The summed E-state index contributed by atoms with van der Waals surface area (Å²) in [6, 6.07) is 11.7. The van der Waals surface area contributed by atoms with Crippen molar-refractivity contribution in [3.05, 3.63) is 65.5 Å². The van der Waals surface area contributed by atoms with E-state index in [1.54, 1.807) is 7.11 Å². The van der Waals surface area contributed by atoms with Crippen LogP contribution in [0, 0.1) is 5.82 Å². The first-order chi connectivity index (χ1) is 13.9. The topological polar surface area (TPSA) is 75.7 Å². The van der Waals surface area contributed by atoms with Gasteiger partial charge in [0, 0.05) is 33.2 Å². The number of hydrogen-bond acceptors (Lipinski definition) is 4. The van der Waals surface area contributed by atoms with Crippen LogP contribution in [0.2, 0.25) is 0 Å². The monoisotopic (exact) mass is 420 g/mol. The van der Waals surface area contributed by atoms with Gasteiger partial charge in [-0.3, -0.25) is 4.79 Å². The summed E-state index contributed by atoms with van der Waals surface area (Å²) in [6.07, 6.45) is 1.26. The minimum absolute atomic E-state index is 0.0174. The SMILES string of the molecule is COCCCNC(=O)CC1c2ccccc2CCN1S(=O)(=O)c1ccc(F)cc1. The average Bonchev–Trinajstić information content (AvgIpc) is 2.71. The molecule has 0 fully saturated rings. The lowest BCUT2D eigenvalue weighted by molar-refractivity contribution is -0.122. The number of ether oxygens (including phenoxy) is 1. The Labute approximate surface area is 170 Å². The number of sulfonamides is 1. The van der Waals surface area contributed by atoms with Gasteiger partial charge >= 0.3 is 0 Å². The molecule has 0 aromatic heterocycles. The average molecular weight is 421 g/mol. The van der Waals surface area contributed by atoms with Crippen molar-refractivity contribution in [3.63, 3.8) is 0 Å². The van der Waals surface area contributed by atoms with Crippen LogP contribution in [0.1, 0.15) is 30.0 Å². The van der Waals surface area contributed by atoms with Crippen LogP contribution in [-0.2, 0) is 26.0 Å². The fourth-order valence-corrected chi connectivity index (χ4v) is 5.17. The maximum absolute atomic E-state index is 13.3. The second-order valence-electron chi connectivity index (χ2n) is 6.93. The van der Waals surface area contributed by atoms with Crippen molar-refractivity contribution in [1.82, 2.24) is 9.62 Å². The fourth-order valence-electron chi connectivity index (χ4n) is 3.56. The van der Waals surface area contributed by atoms with Gasteiger partial charge in [0.15, 0.2) is 0 Å². The van der Waals surface area contributed by atoms with Crippen LogP contribution in [0.5, 0.6) is 0 Å². The van der Waals surface area contributed by atoms with Crippen LogP contribution in [-0.4, -0.2) is 45.4 Å². The molecule has 1 heterocycles. The quantitative estimate of drug-likeness (QED) is 0.667. The van der Waals surface area contributed by atoms with E-state index >= 15 is 0 Å². The number of fused-ring (bicyclic) bond motifs is 1. The van der Waals surface area contributed by atoms with Crippen molar-refractivity contribution in [2.75, 3.05) is 26.8 Å². The van der Waals surface area contributed by atoms with E-state index in [9.17, 15) is 17.6 Å². The normalized spacial score (nSPS) is 17.0. The molecule has 1 aliphatic heterocycles. The standard InChI is InChI=1S/C21H25FN2O4S/c1-28-14-4-12-23-21(25)15-20-19-6-3-2-5-16(19)11-13-24(20)29(26,27)18-9-7-17(22)8-10-18/h2-3,5-10,20H,4,11-15H2,1H3,(H,23,25). The van der Waals surface area contributed by atoms with E-state index in [4.69, 9.17) is 4.74 Å². The summed E-state index contributed by atoms with van der Waals surface area (Å²) in [5, 5.41) is 2.82.